The molecule has 7 heteroatoms. The molecule has 0 saturated heterocycles. The Morgan fingerprint density at radius 3 is 2.93 bits per heavy atom. The molecular formula is C7H6N4O3. The Morgan fingerprint density at radius 1 is 1.64 bits per heavy atom. The van der Waals surface area contributed by atoms with Crippen LogP contribution in [0.1, 0.15) is 5.56 Å². The summed E-state index contributed by atoms with van der Waals surface area (Å²) in [6.45, 7) is -0.107. The van der Waals surface area contributed by atoms with Crippen molar-refractivity contribution in [1.82, 2.24) is 0 Å². The lowest BCUT2D eigenvalue weighted by Crippen LogP contribution is -1.90. The molecule has 1 N–H and O–H groups in total. The van der Waals surface area contributed by atoms with Crippen LogP contribution in [0, 0.1) is 10.1 Å². The first-order chi connectivity index (χ1) is 6.65. The van der Waals surface area contributed by atoms with Gasteiger partial charge in [0.05, 0.1) is 11.5 Å². The van der Waals surface area contributed by atoms with Crippen LogP contribution in [0.3, 0.4) is 0 Å². The van der Waals surface area contributed by atoms with Crippen LogP contribution < -0.4 is 0 Å². The largest absolute Gasteiger partial charge is 0.508 e. The van der Waals surface area contributed by atoms with Gasteiger partial charge in [-0.2, -0.15) is 0 Å². The normalized spacial score (nSPS) is 9.14. The summed E-state index contributed by atoms with van der Waals surface area (Å²) in [4.78, 5) is 12.3. The van der Waals surface area contributed by atoms with E-state index >= 15 is 0 Å². The van der Waals surface area contributed by atoms with Crippen molar-refractivity contribution in [2.75, 3.05) is 0 Å². The maximum absolute atomic E-state index is 10.4. The van der Waals surface area contributed by atoms with Gasteiger partial charge in [-0.3, -0.25) is 10.1 Å². The van der Waals surface area contributed by atoms with Crippen molar-refractivity contribution in [3.8, 4) is 5.75 Å². The summed E-state index contributed by atoms with van der Waals surface area (Å²) in [5.74, 6) is -0.122. The zero-order valence-corrected chi connectivity index (χ0v) is 6.99. The summed E-state index contributed by atoms with van der Waals surface area (Å²) in [6.07, 6.45) is 0. The van der Waals surface area contributed by atoms with Crippen molar-refractivity contribution in [2.24, 2.45) is 5.11 Å². The third-order valence-corrected chi connectivity index (χ3v) is 1.58. The van der Waals surface area contributed by atoms with Gasteiger partial charge in [-0.15, -0.1) is 0 Å². The average Bonchev–Trinajstić information content (AvgIpc) is 2.16. The molecule has 72 valence electrons. The van der Waals surface area contributed by atoms with Gasteiger partial charge in [-0.1, -0.05) is 5.11 Å². The Balaban J connectivity index is 3.07. The van der Waals surface area contributed by atoms with E-state index in [2.05, 4.69) is 10.0 Å². The molecule has 14 heavy (non-hydrogen) atoms. The lowest BCUT2D eigenvalue weighted by Gasteiger charge is -1.99. The minimum Gasteiger partial charge on any atom is -0.508 e. The van der Waals surface area contributed by atoms with Gasteiger partial charge in [0, 0.05) is 22.6 Å². The number of phenolic OH excluding ortho intramolecular Hbond substituents is 1. The first-order valence-corrected chi connectivity index (χ1v) is 3.62. The van der Waals surface area contributed by atoms with Crippen molar-refractivity contribution in [3.63, 3.8) is 0 Å². The van der Waals surface area contributed by atoms with E-state index in [-0.39, 0.29) is 23.5 Å². The molecule has 0 heterocycles. The fraction of sp³-hybridized carbons (Fsp3) is 0.143. The van der Waals surface area contributed by atoms with Gasteiger partial charge in [0.1, 0.15) is 5.75 Å². The number of rotatable bonds is 3. The van der Waals surface area contributed by atoms with Gasteiger partial charge in [-0.05, 0) is 11.6 Å². The second-order valence-electron chi connectivity index (χ2n) is 2.46. The number of hydrogen-bond acceptors (Lipinski definition) is 4. The van der Waals surface area contributed by atoms with Crippen LogP contribution in [0.5, 0.6) is 5.75 Å². The maximum Gasteiger partial charge on any atom is 0.269 e. The number of nitro groups is 1. The lowest BCUT2D eigenvalue weighted by atomic mass is 10.2. The Morgan fingerprint density at radius 2 is 2.36 bits per heavy atom. The highest BCUT2D eigenvalue weighted by molar-refractivity contribution is 5.42. The minimum atomic E-state index is -0.584. The summed E-state index contributed by atoms with van der Waals surface area (Å²) in [6, 6.07) is 3.54. The Kier molecular flexibility index (Phi) is 2.88. The molecule has 0 bridgehead atoms. The van der Waals surface area contributed by atoms with E-state index in [9.17, 15) is 15.2 Å². The molecular weight excluding hydrogens is 188 g/mol. The number of azide groups is 1. The third-order valence-electron chi connectivity index (χ3n) is 1.58. The fourth-order valence-corrected chi connectivity index (χ4v) is 0.920. The maximum atomic E-state index is 10.4. The molecule has 1 aromatic carbocycles. The van der Waals surface area contributed by atoms with Crippen molar-refractivity contribution < 1.29 is 10.0 Å². The second-order valence-corrected chi connectivity index (χ2v) is 2.46. The van der Waals surface area contributed by atoms with Gasteiger partial charge in [0.2, 0.25) is 0 Å². The number of benzene rings is 1. The van der Waals surface area contributed by atoms with E-state index in [1.165, 1.54) is 18.2 Å². The number of hydrogen-bond donors (Lipinski definition) is 1. The van der Waals surface area contributed by atoms with E-state index in [1.807, 2.05) is 0 Å². The number of phenols is 1. The van der Waals surface area contributed by atoms with Crippen molar-refractivity contribution in [1.29, 1.82) is 0 Å². The van der Waals surface area contributed by atoms with Crippen LogP contribution in [0.4, 0.5) is 5.69 Å². The van der Waals surface area contributed by atoms with Gasteiger partial charge in [0.25, 0.3) is 5.69 Å². The van der Waals surface area contributed by atoms with Crippen molar-refractivity contribution >= 4 is 5.69 Å². The molecule has 0 aromatic heterocycles. The molecule has 0 unspecified atom stereocenters. The first-order valence-electron chi connectivity index (χ1n) is 3.62. The molecule has 0 amide bonds. The second kappa shape index (κ2) is 4.11. The van der Waals surface area contributed by atoms with Crippen LogP contribution in [0.25, 0.3) is 10.4 Å². The standard InChI is InChI=1S/C7H6N4O3/c8-10-9-4-5-3-6(11(13)14)1-2-7(5)12/h1-3,12H,4H2. The van der Waals surface area contributed by atoms with Crippen molar-refractivity contribution in [3.05, 3.63) is 44.3 Å². The van der Waals surface area contributed by atoms with E-state index in [1.54, 1.807) is 0 Å². The Hall–Kier alpha value is -2.27. The molecule has 0 spiro atoms. The summed E-state index contributed by atoms with van der Waals surface area (Å²) in [5.41, 5.74) is 8.13. The van der Waals surface area contributed by atoms with Crippen LogP contribution in [-0.4, -0.2) is 10.0 Å². The summed E-state index contributed by atoms with van der Waals surface area (Å²) >= 11 is 0. The van der Waals surface area contributed by atoms with Crippen LogP contribution in [-0.2, 0) is 6.54 Å². The van der Waals surface area contributed by atoms with E-state index < -0.39 is 4.92 Å². The molecule has 0 fully saturated rings. The Labute approximate surface area is 78.4 Å². The SMILES string of the molecule is [N-]=[N+]=NCc1cc([N+](=O)[O-])ccc1O. The number of non-ortho nitro benzene ring substituents is 1. The molecule has 0 aliphatic heterocycles. The van der Waals surface area contributed by atoms with Gasteiger partial charge in [-0.25, -0.2) is 0 Å². The summed E-state index contributed by atoms with van der Waals surface area (Å²) in [5, 5.41) is 22.8. The molecule has 0 saturated carbocycles. The predicted molar refractivity (Wildman–Crippen MR) is 47.6 cm³/mol. The quantitative estimate of drug-likeness (QED) is 0.261. The lowest BCUT2D eigenvalue weighted by molar-refractivity contribution is -0.384. The molecule has 7 nitrogen and oxygen atoms in total. The van der Waals surface area contributed by atoms with E-state index in [0.717, 1.165) is 0 Å². The predicted octanol–water partition coefficient (Wildman–Crippen LogP) is 2.11. The zero-order valence-electron chi connectivity index (χ0n) is 6.99. The van der Waals surface area contributed by atoms with Crippen LogP contribution >= 0.6 is 0 Å². The fourth-order valence-electron chi connectivity index (χ4n) is 0.920. The highest BCUT2D eigenvalue weighted by atomic mass is 16.6. The first kappa shape index (κ1) is 9.82. The van der Waals surface area contributed by atoms with Crippen LogP contribution in [0.2, 0.25) is 0 Å². The number of aromatic hydroxyl groups is 1. The minimum absolute atomic E-state index is 0.107. The molecule has 1 rings (SSSR count). The smallest absolute Gasteiger partial charge is 0.269 e. The third kappa shape index (κ3) is 2.11. The zero-order chi connectivity index (χ0) is 10.6. The van der Waals surface area contributed by atoms with Gasteiger partial charge in [0.15, 0.2) is 0 Å². The highest BCUT2D eigenvalue weighted by Gasteiger charge is 2.08. The van der Waals surface area contributed by atoms with Crippen LogP contribution in [0.15, 0.2) is 23.3 Å². The number of nitrogens with zero attached hydrogens (tertiary/aromatic N) is 4. The Bertz CT molecular complexity index is 411. The highest BCUT2D eigenvalue weighted by Crippen LogP contribution is 2.23. The molecule has 0 radical (unpaired) electrons. The molecule has 0 aliphatic carbocycles. The monoisotopic (exact) mass is 194 g/mol. The van der Waals surface area contributed by atoms with E-state index in [0.29, 0.717) is 0 Å². The number of nitro benzene ring substituents is 1. The average molecular weight is 194 g/mol. The van der Waals surface area contributed by atoms with Gasteiger partial charge >= 0.3 is 0 Å². The van der Waals surface area contributed by atoms with Crippen molar-refractivity contribution in [2.45, 2.75) is 6.54 Å². The topological polar surface area (TPSA) is 112 Å². The molecule has 0 aliphatic rings. The van der Waals surface area contributed by atoms with Gasteiger partial charge < -0.3 is 5.11 Å². The summed E-state index contributed by atoms with van der Waals surface area (Å²) in [7, 11) is 0. The molecule has 1 aromatic rings. The van der Waals surface area contributed by atoms with E-state index in [4.69, 9.17) is 5.53 Å². The molecule has 0 atom stereocenters. The summed E-state index contributed by atoms with van der Waals surface area (Å²) < 4.78 is 0.